The molecule has 0 aliphatic rings. The minimum atomic E-state index is 0.577. The number of oxazole rings is 1. The molecule has 3 aromatic heterocycles. The summed E-state index contributed by atoms with van der Waals surface area (Å²) in [5.41, 5.74) is 11.2. The monoisotopic (exact) mass is 768 g/mol. The molecule has 12 aromatic rings. The third-order valence-electron chi connectivity index (χ3n) is 11.4. The number of aromatic nitrogens is 4. The van der Waals surface area contributed by atoms with E-state index < -0.39 is 0 Å². The summed E-state index contributed by atoms with van der Waals surface area (Å²) >= 11 is 0. The number of rotatable bonds is 6. The normalized spacial score (nSPS) is 11.7. The zero-order chi connectivity index (χ0) is 39.6. The molecule has 0 bridgehead atoms. The lowest BCUT2D eigenvalue weighted by Gasteiger charge is -2.13. The first-order chi connectivity index (χ1) is 29.7. The van der Waals surface area contributed by atoms with Gasteiger partial charge in [-0.1, -0.05) is 146 Å². The smallest absolute Gasteiger partial charge is 0.227 e. The second-order valence-electron chi connectivity index (χ2n) is 15.0. The van der Waals surface area contributed by atoms with Gasteiger partial charge in [0.2, 0.25) is 5.89 Å². The lowest BCUT2D eigenvalue weighted by molar-refractivity contribution is 0.622. The van der Waals surface area contributed by atoms with E-state index in [0.717, 1.165) is 82.6 Å². The van der Waals surface area contributed by atoms with E-state index in [9.17, 15) is 0 Å². The summed E-state index contributed by atoms with van der Waals surface area (Å²) in [5.74, 6) is 2.45. The fraction of sp³-hybridized carbons (Fsp3) is 0. The molecule has 0 radical (unpaired) electrons. The number of hydrogen-bond donors (Lipinski definition) is 0. The van der Waals surface area contributed by atoms with Crippen LogP contribution in [0.2, 0.25) is 0 Å². The molecular weight excluding hydrogens is 737 g/mol. The van der Waals surface area contributed by atoms with Crippen molar-refractivity contribution in [3.05, 3.63) is 194 Å². The van der Waals surface area contributed by atoms with Gasteiger partial charge in [0.15, 0.2) is 23.1 Å². The Morgan fingerprint density at radius 1 is 0.317 bits per heavy atom. The highest BCUT2D eigenvalue weighted by atomic mass is 16.4. The van der Waals surface area contributed by atoms with E-state index in [0.29, 0.717) is 28.9 Å². The van der Waals surface area contributed by atoms with Gasteiger partial charge in [-0.25, -0.2) is 19.9 Å². The molecule has 60 heavy (non-hydrogen) atoms. The van der Waals surface area contributed by atoms with Crippen LogP contribution in [-0.2, 0) is 0 Å². The average molecular weight is 769 g/mol. The third-order valence-corrected chi connectivity index (χ3v) is 11.4. The number of furan rings is 1. The summed E-state index contributed by atoms with van der Waals surface area (Å²) in [7, 11) is 0. The van der Waals surface area contributed by atoms with E-state index in [2.05, 4.69) is 146 Å². The molecule has 6 nitrogen and oxygen atoms in total. The van der Waals surface area contributed by atoms with Crippen LogP contribution in [0.25, 0.3) is 122 Å². The Kier molecular flexibility index (Phi) is 7.74. The number of benzene rings is 9. The number of nitrogens with zero attached hydrogens (tertiary/aromatic N) is 4. The van der Waals surface area contributed by atoms with Gasteiger partial charge in [0.05, 0.1) is 5.39 Å². The van der Waals surface area contributed by atoms with Crippen molar-refractivity contribution < 1.29 is 8.83 Å². The second kappa shape index (κ2) is 13.7. The maximum absolute atomic E-state index is 6.53. The highest BCUT2D eigenvalue weighted by Crippen LogP contribution is 2.41. The van der Waals surface area contributed by atoms with Crippen LogP contribution >= 0.6 is 0 Å². The lowest BCUT2D eigenvalue weighted by Crippen LogP contribution is -2.00. The van der Waals surface area contributed by atoms with Crippen molar-refractivity contribution in [2.24, 2.45) is 0 Å². The fourth-order valence-corrected chi connectivity index (χ4v) is 8.39. The van der Waals surface area contributed by atoms with E-state index in [-0.39, 0.29) is 0 Å². The molecule has 0 saturated carbocycles. The molecule has 280 valence electrons. The summed E-state index contributed by atoms with van der Waals surface area (Å²) in [6, 6.07) is 66.6. The van der Waals surface area contributed by atoms with E-state index in [1.807, 2.05) is 48.5 Å². The quantitative estimate of drug-likeness (QED) is 0.168. The van der Waals surface area contributed by atoms with E-state index in [1.54, 1.807) is 0 Å². The molecule has 3 heterocycles. The average Bonchev–Trinajstić information content (AvgIpc) is 3.93. The van der Waals surface area contributed by atoms with Gasteiger partial charge in [0, 0.05) is 27.6 Å². The minimum absolute atomic E-state index is 0.577. The summed E-state index contributed by atoms with van der Waals surface area (Å²) in [6.07, 6.45) is 0. The minimum Gasteiger partial charge on any atom is -0.456 e. The van der Waals surface area contributed by atoms with Crippen molar-refractivity contribution in [2.75, 3.05) is 0 Å². The van der Waals surface area contributed by atoms with Crippen LogP contribution in [0.4, 0.5) is 0 Å². The van der Waals surface area contributed by atoms with Crippen molar-refractivity contribution in [1.82, 2.24) is 19.9 Å². The summed E-state index contributed by atoms with van der Waals surface area (Å²) in [4.78, 5) is 20.1. The summed E-state index contributed by atoms with van der Waals surface area (Å²) in [5, 5.41) is 6.32. The summed E-state index contributed by atoms with van der Waals surface area (Å²) in [6.45, 7) is 0. The molecule has 0 spiro atoms. The van der Waals surface area contributed by atoms with Gasteiger partial charge in [-0.05, 0) is 92.3 Å². The fourth-order valence-electron chi connectivity index (χ4n) is 8.39. The van der Waals surface area contributed by atoms with Crippen LogP contribution in [0, 0.1) is 0 Å². The first-order valence-corrected chi connectivity index (χ1v) is 20.0. The van der Waals surface area contributed by atoms with Crippen LogP contribution in [0.3, 0.4) is 0 Å². The molecule has 0 amide bonds. The Morgan fingerprint density at radius 2 is 0.917 bits per heavy atom. The predicted octanol–water partition coefficient (Wildman–Crippen LogP) is 14.2. The topological polar surface area (TPSA) is 77.8 Å². The highest BCUT2D eigenvalue weighted by molar-refractivity contribution is 6.17. The molecule has 0 aliphatic heterocycles. The Bertz CT molecular complexity index is 3590. The van der Waals surface area contributed by atoms with Crippen LogP contribution < -0.4 is 0 Å². The number of hydrogen-bond acceptors (Lipinski definition) is 6. The maximum Gasteiger partial charge on any atom is 0.227 e. The molecule has 0 aliphatic carbocycles. The molecule has 12 rings (SSSR count). The SMILES string of the molecule is c1ccc(-c2ccc(-c3nc4ccc5oc6cc(-c7ccc(-c8nc(-c9ccccc9)nc(-c9ccc%10ccccc%10c9)n8)c8ccccc78)ccc6c5c4o3)cc2)cc1. The molecule has 0 N–H and O–H groups in total. The highest BCUT2D eigenvalue weighted by Gasteiger charge is 2.20. The zero-order valence-corrected chi connectivity index (χ0v) is 32.1. The van der Waals surface area contributed by atoms with Crippen molar-refractivity contribution in [3.63, 3.8) is 0 Å². The van der Waals surface area contributed by atoms with Gasteiger partial charge < -0.3 is 8.83 Å². The van der Waals surface area contributed by atoms with Gasteiger partial charge in [0.25, 0.3) is 0 Å². The van der Waals surface area contributed by atoms with E-state index in [1.165, 1.54) is 10.9 Å². The Morgan fingerprint density at radius 3 is 1.72 bits per heavy atom. The lowest BCUT2D eigenvalue weighted by atomic mass is 9.94. The van der Waals surface area contributed by atoms with Gasteiger partial charge >= 0.3 is 0 Å². The Hall–Kier alpha value is -8.22. The Balaban J connectivity index is 0.947. The molecule has 0 atom stereocenters. The molecule has 0 unspecified atom stereocenters. The van der Waals surface area contributed by atoms with Gasteiger partial charge in [-0.2, -0.15) is 0 Å². The largest absolute Gasteiger partial charge is 0.456 e. The summed E-state index contributed by atoms with van der Waals surface area (Å²) < 4.78 is 13.0. The molecule has 0 fully saturated rings. The Labute approximate surface area is 344 Å². The molecular formula is C54H32N4O2. The maximum atomic E-state index is 6.53. The van der Waals surface area contributed by atoms with E-state index in [4.69, 9.17) is 28.8 Å². The van der Waals surface area contributed by atoms with Crippen LogP contribution in [-0.4, -0.2) is 19.9 Å². The van der Waals surface area contributed by atoms with Crippen LogP contribution in [0.1, 0.15) is 0 Å². The van der Waals surface area contributed by atoms with Crippen LogP contribution in [0.5, 0.6) is 0 Å². The van der Waals surface area contributed by atoms with Crippen molar-refractivity contribution in [1.29, 1.82) is 0 Å². The van der Waals surface area contributed by atoms with Crippen LogP contribution in [0.15, 0.2) is 203 Å². The number of fused-ring (bicyclic) bond motifs is 7. The first-order valence-electron chi connectivity index (χ1n) is 20.0. The molecule has 6 heteroatoms. The third kappa shape index (κ3) is 5.73. The second-order valence-corrected chi connectivity index (χ2v) is 15.0. The van der Waals surface area contributed by atoms with Crippen molar-refractivity contribution in [3.8, 4) is 67.9 Å². The standard InChI is InChI=1S/C54H32N4O2/c1-3-11-33(12-4-1)35-19-22-37(23-20-35)54-55-46-29-30-47-49(50(46)60-54)45-26-25-39(32-48(45)59-47)41-27-28-44(43-18-10-9-17-42(41)43)53-57-51(36-14-5-2-6-15-36)56-52(58-53)40-24-21-34-13-7-8-16-38(34)31-40/h1-32H. The predicted molar refractivity (Wildman–Crippen MR) is 242 cm³/mol. The van der Waals surface area contributed by atoms with E-state index >= 15 is 0 Å². The zero-order valence-electron chi connectivity index (χ0n) is 32.1. The molecule has 9 aromatic carbocycles. The first kappa shape index (κ1) is 33.9. The van der Waals surface area contributed by atoms with Gasteiger partial charge in [-0.3, -0.25) is 0 Å². The molecule has 0 saturated heterocycles. The van der Waals surface area contributed by atoms with Gasteiger partial charge in [0.1, 0.15) is 16.7 Å². The van der Waals surface area contributed by atoms with Crippen molar-refractivity contribution in [2.45, 2.75) is 0 Å². The van der Waals surface area contributed by atoms with Crippen molar-refractivity contribution >= 4 is 54.6 Å². The van der Waals surface area contributed by atoms with Gasteiger partial charge in [-0.15, -0.1) is 0 Å².